The van der Waals surface area contributed by atoms with Crippen molar-refractivity contribution in [1.82, 2.24) is 15.5 Å². The molecule has 5 heteroatoms. The molecule has 1 unspecified atom stereocenters. The van der Waals surface area contributed by atoms with Gasteiger partial charge in [-0.1, -0.05) is 12.1 Å². The number of nitrogens with one attached hydrogen (secondary N) is 1. The molecule has 0 amide bonds. The van der Waals surface area contributed by atoms with Gasteiger partial charge in [-0.25, -0.2) is 0 Å². The van der Waals surface area contributed by atoms with Gasteiger partial charge in [0.25, 0.3) is 0 Å². The lowest BCUT2D eigenvalue weighted by atomic mass is 10.2. The van der Waals surface area contributed by atoms with Gasteiger partial charge < -0.3 is 14.6 Å². The van der Waals surface area contributed by atoms with E-state index in [-0.39, 0.29) is 0 Å². The Morgan fingerprint density at radius 2 is 2.24 bits per heavy atom. The standard InChI is InChI=1S/C12H23N3O2/c1-4-13-10(2)7-8-12-14-11(15-17-12)6-5-9-16-3/h10,13H,4-9H2,1-3H3. The highest BCUT2D eigenvalue weighted by atomic mass is 16.5. The zero-order valence-corrected chi connectivity index (χ0v) is 11.0. The molecule has 98 valence electrons. The van der Waals surface area contributed by atoms with E-state index in [9.17, 15) is 0 Å². The van der Waals surface area contributed by atoms with E-state index >= 15 is 0 Å². The van der Waals surface area contributed by atoms with Crippen molar-refractivity contribution in [2.75, 3.05) is 20.3 Å². The number of nitrogens with zero attached hydrogens (tertiary/aromatic N) is 2. The maximum absolute atomic E-state index is 5.19. The van der Waals surface area contributed by atoms with Crippen LogP contribution in [0.1, 0.15) is 38.4 Å². The summed E-state index contributed by atoms with van der Waals surface area (Å²) in [4.78, 5) is 4.35. The van der Waals surface area contributed by atoms with E-state index in [0.29, 0.717) is 6.04 Å². The quantitative estimate of drug-likeness (QED) is 0.665. The molecular formula is C12H23N3O2. The fraction of sp³-hybridized carbons (Fsp3) is 0.833. The van der Waals surface area contributed by atoms with E-state index in [1.54, 1.807) is 7.11 Å². The van der Waals surface area contributed by atoms with Crippen LogP contribution in [-0.2, 0) is 17.6 Å². The summed E-state index contributed by atoms with van der Waals surface area (Å²) in [5.74, 6) is 1.52. The summed E-state index contributed by atoms with van der Waals surface area (Å²) in [6.45, 7) is 6.01. The lowest BCUT2D eigenvalue weighted by molar-refractivity contribution is 0.194. The van der Waals surface area contributed by atoms with Crippen molar-refractivity contribution in [3.63, 3.8) is 0 Å². The number of rotatable bonds is 9. The third-order valence-electron chi connectivity index (χ3n) is 2.60. The molecule has 0 saturated heterocycles. The first-order chi connectivity index (χ1) is 8.26. The maximum atomic E-state index is 5.19. The number of methoxy groups -OCH3 is 1. The normalized spacial score (nSPS) is 12.9. The highest BCUT2D eigenvalue weighted by Crippen LogP contribution is 2.05. The molecule has 1 aromatic heterocycles. The van der Waals surface area contributed by atoms with Crippen LogP contribution in [0.5, 0.6) is 0 Å². The largest absolute Gasteiger partial charge is 0.385 e. The van der Waals surface area contributed by atoms with Gasteiger partial charge in [0, 0.05) is 32.6 Å². The van der Waals surface area contributed by atoms with Crippen molar-refractivity contribution in [2.45, 2.75) is 45.6 Å². The van der Waals surface area contributed by atoms with Crippen LogP contribution >= 0.6 is 0 Å². The lowest BCUT2D eigenvalue weighted by Crippen LogP contribution is -2.25. The van der Waals surface area contributed by atoms with Crippen molar-refractivity contribution in [3.8, 4) is 0 Å². The van der Waals surface area contributed by atoms with Gasteiger partial charge >= 0.3 is 0 Å². The van der Waals surface area contributed by atoms with E-state index < -0.39 is 0 Å². The first kappa shape index (κ1) is 14.1. The van der Waals surface area contributed by atoms with Crippen LogP contribution in [0.3, 0.4) is 0 Å². The van der Waals surface area contributed by atoms with Crippen LogP contribution < -0.4 is 5.32 Å². The van der Waals surface area contributed by atoms with Crippen molar-refractivity contribution in [2.24, 2.45) is 0 Å². The van der Waals surface area contributed by atoms with Crippen molar-refractivity contribution in [3.05, 3.63) is 11.7 Å². The number of hydrogen-bond acceptors (Lipinski definition) is 5. The van der Waals surface area contributed by atoms with Crippen LogP contribution in [0.2, 0.25) is 0 Å². The zero-order chi connectivity index (χ0) is 12.5. The highest BCUT2D eigenvalue weighted by Gasteiger charge is 2.08. The maximum Gasteiger partial charge on any atom is 0.226 e. The van der Waals surface area contributed by atoms with E-state index in [2.05, 4.69) is 29.3 Å². The predicted molar refractivity (Wildman–Crippen MR) is 66.0 cm³/mol. The molecule has 0 radical (unpaired) electrons. The summed E-state index contributed by atoms with van der Waals surface area (Å²) < 4.78 is 10.2. The molecule has 1 heterocycles. The highest BCUT2D eigenvalue weighted by molar-refractivity contribution is 4.87. The first-order valence-corrected chi connectivity index (χ1v) is 6.30. The van der Waals surface area contributed by atoms with Gasteiger partial charge in [-0.3, -0.25) is 0 Å². The average molecular weight is 241 g/mol. The summed E-state index contributed by atoms with van der Waals surface area (Å²) >= 11 is 0. The molecule has 1 rings (SSSR count). The molecule has 1 aromatic rings. The molecule has 0 aliphatic rings. The molecule has 0 fully saturated rings. The topological polar surface area (TPSA) is 60.2 Å². The Morgan fingerprint density at radius 1 is 1.41 bits per heavy atom. The van der Waals surface area contributed by atoms with Crippen molar-refractivity contribution >= 4 is 0 Å². The fourth-order valence-electron chi connectivity index (χ4n) is 1.66. The summed E-state index contributed by atoms with van der Waals surface area (Å²) in [5, 5.41) is 7.31. The fourth-order valence-corrected chi connectivity index (χ4v) is 1.66. The van der Waals surface area contributed by atoms with Crippen LogP contribution in [0, 0.1) is 0 Å². The number of aryl methyl sites for hydroxylation is 2. The van der Waals surface area contributed by atoms with Gasteiger partial charge in [-0.2, -0.15) is 4.98 Å². The molecule has 0 saturated carbocycles. The van der Waals surface area contributed by atoms with Crippen LogP contribution in [-0.4, -0.2) is 36.4 Å². The van der Waals surface area contributed by atoms with E-state index in [4.69, 9.17) is 9.26 Å². The lowest BCUT2D eigenvalue weighted by Gasteiger charge is -2.09. The van der Waals surface area contributed by atoms with Gasteiger partial charge in [0.15, 0.2) is 5.82 Å². The first-order valence-electron chi connectivity index (χ1n) is 6.30. The summed E-state index contributed by atoms with van der Waals surface area (Å²) in [6.07, 6.45) is 3.61. The minimum absolute atomic E-state index is 0.490. The molecule has 5 nitrogen and oxygen atoms in total. The molecule has 0 aromatic carbocycles. The summed E-state index contributed by atoms with van der Waals surface area (Å²) in [7, 11) is 1.70. The van der Waals surface area contributed by atoms with E-state index in [0.717, 1.165) is 50.6 Å². The monoisotopic (exact) mass is 241 g/mol. The Morgan fingerprint density at radius 3 is 2.94 bits per heavy atom. The molecule has 1 N–H and O–H groups in total. The second-order valence-electron chi connectivity index (χ2n) is 4.20. The summed E-state index contributed by atoms with van der Waals surface area (Å²) in [6, 6.07) is 0.490. The van der Waals surface area contributed by atoms with Crippen molar-refractivity contribution < 1.29 is 9.26 Å². The Bertz CT molecular complexity index is 302. The third kappa shape index (κ3) is 5.79. The molecule has 1 atom stereocenters. The molecular weight excluding hydrogens is 218 g/mol. The van der Waals surface area contributed by atoms with Crippen molar-refractivity contribution in [1.29, 1.82) is 0 Å². The van der Waals surface area contributed by atoms with Crippen LogP contribution in [0.25, 0.3) is 0 Å². The van der Waals surface area contributed by atoms with Gasteiger partial charge in [0.2, 0.25) is 5.89 Å². The Hall–Kier alpha value is -0.940. The molecule has 0 spiro atoms. The minimum atomic E-state index is 0.490. The molecule has 0 aliphatic carbocycles. The molecule has 0 bridgehead atoms. The van der Waals surface area contributed by atoms with Gasteiger partial charge in [-0.15, -0.1) is 0 Å². The van der Waals surface area contributed by atoms with Crippen LogP contribution in [0.15, 0.2) is 4.52 Å². The molecule has 0 aliphatic heterocycles. The minimum Gasteiger partial charge on any atom is -0.385 e. The zero-order valence-electron chi connectivity index (χ0n) is 11.0. The van der Waals surface area contributed by atoms with Gasteiger partial charge in [-0.05, 0) is 26.3 Å². The SMILES string of the molecule is CCNC(C)CCc1nc(CCCOC)no1. The van der Waals surface area contributed by atoms with Gasteiger partial charge in [0.1, 0.15) is 0 Å². The number of ether oxygens (including phenoxy) is 1. The van der Waals surface area contributed by atoms with E-state index in [1.807, 2.05) is 0 Å². The second-order valence-corrected chi connectivity index (χ2v) is 4.20. The Balaban J connectivity index is 2.25. The van der Waals surface area contributed by atoms with Gasteiger partial charge in [0.05, 0.1) is 0 Å². The Labute approximate surface area is 103 Å². The molecule has 17 heavy (non-hydrogen) atoms. The number of aromatic nitrogens is 2. The smallest absolute Gasteiger partial charge is 0.226 e. The Kier molecular flexibility index (Phi) is 6.81. The van der Waals surface area contributed by atoms with Crippen LogP contribution in [0.4, 0.5) is 0 Å². The van der Waals surface area contributed by atoms with E-state index in [1.165, 1.54) is 0 Å². The second kappa shape index (κ2) is 8.20. The summed E-state index contributed by atoms with van der Waals surface area (Å²) in [5.41, 5.74) is 0. The number of hydrogen-bond donors (Lipinski definition) is 1. The average Bonchev–Trinajstić information content (AvgIpc) is 2.75. The predicted octanol–water partition coefficient (Wildman–Crippen LogP) is 1.58. The third-order valence-corrected chi connectivity index (χ3v) is 2.60.